The van der Waals surface area contributed by atoms with Crippen LogP contribution in [0.25, 0.3) is 22.6 Å². The summed E-state index contributed by atoms with van der Waals surface area (Å²) < 4.78 is 2.03. The van der Waals surface area contributed by atoms with E-state index in [9.17, 15) is 0 Å². The molecule has 0 unspecified atom stereocenters. The molecule has 4 aromatic rings. The van der Waals surface area contributed by atoms with Crippen LogP contribution in [-0.4, -0.2) is 19.7 Å². The van der Waals surface area contributed by atoms with Crippen molar-refractivity contribution in [3.05, 3.63) is 70.9 Å². The summed E-state index contributed by atoms with van der Waals surface area (Å²) in [5.41, 5.74) is 7.77. The highest BCUT2D eigenvalue weighted by atomic mass is 15.3. The molecular weight excluding hydrogens is 296 g/mol. The Balaban J connectivity index is 1.69. The second-order valence-corrected chi connectivity index (χ2v) is 6.37. The Hall–Kier alpha value is -2.88. The number of nitrogens with one attached hydrogen (secondary N) is 1. The summed E-state index contributed by atoms with van der Waals surface area (Å²) in [5, 5.41) is 4.75. The van der Waals surface area contributed by atoms with Crippen molar-refractivity contribution in [3.8, 4) is 11.5 Å². The number of hydrogen-bond acceptors (Lipinski definition) is 2. The van der Waals surface area contributed by atoms with Gasteiger partial charge in [0.1, 0.15) is 5.69 Å². The topological polar surface area (TPSA) is 46.5 Å². The molecule has 2 aromatic carbocycles. The summed E-state index contributed by atoms with van der Waals surface area (Å²) in [7, 11) is 0. The van der Waals surface area contributed by atoms with E-state index >= 15 is 0 Å². The molecule has 4 rings (SSSR count). The predicted octanol–water partition coefficient (Wildman–Crippen LogP) is 4.40. The molecule has 0 spiro atoms. The fraction of sp³-hybridized carbons (Fsp3) is 0.200. The molecule has 0 bridgehead atoms. The van der Waals surface area contributed by atoms with Gasteiger partial charge < -0.3 is 4.98 Å². The van der Waals surface area contributed by atoms with Crippen LogP contribution in [-0.2, 0) is 6.54 Å². The molecule has 1 N–H and O–H groups in total. The molecule has 0 aliphatic carbocycles. The van der Waals surface area contributed by atoms with Crippen molar-refractivity contribution in [2.75, 3.05) is 0 Å². The highest BCUT2D eigenvalue weighted by Gasteiger charge is 2.12. The van der Waals surface area contributed by atoms with Gasteiger partial charge in [0.15, 0.2) is 5.82 Å². The quantitative estimate of drug-likeness (QED) is 0.609. The van der Waals surface area contributed by atoms with Gasteiger partial charge in [-0.05, 0) is 44.0 Å². The molecule has 0 atom stereocenters. The summed E-state index contributed by atoms with van der Waals surface area (Å²) in [6.45, 7) is 7.03. The average Bonchev–Trinajstić information content (AvgIpc) is 3.15. The van der Waals surface area contributed by atoms with Gasteiger partial charge in [0.2, 0.25) is 0 Å². The lowest BCUT2D eigenvalue weighted by Crippen LogP contribution is -2.03. The van der Waals surface area contributed by atoms with E-state index in [4.69, 9.17) is 10.1 Å². The number of nitrogens with zero attached hydrogens (tertiary/aromatic N) is 3. The Morgan fingerprint density at radius 1 is 1.00 bits per heavy atom. The van der Waals surface area contributed by atoms with Gasteiger partial charge in [0.05, 0.1) is 17.6 Å². The molecule has 0 aliphatic heterocycles. The number of aryl methyl sites for hydroxylation is 3. The molecule has 24 heavy (non-hydrogen) atoms. The van der Waals surface area contributed by atoms with Crippen molar-refractivity contribution in [3.63, 3.8) is 0 Å². The van der Waals surface area contributed by atoms with Gasteiger partial charge in [-0.2, -0.15) is 5.10 Å². The van der Waals surface area contributed by atoms with Crippen LogP contribution in [0.4, 0.5) is 0 Å². The molecule has 0 saturated heterocycles. The molecule has 0 amide bonds. The Morgan fingerprint density at radius 3 is 2.54 bits per heavy atom. The Morgan fingerprint density at radius 2 is 1.79 bits per heavy atom. The number of fused-ring (bicyclic) bond motifs is 1. The molecule has 0 radical (unpaired) electrons. The van der Waals surface area contributed by atoms with Gasteiger partial charge >= 0.3 is 0 Å². The first-order chi connectivity index (χ1) is 11.6. The number of benzene rings is 2. The van der Waals surface area contributed by atoms with Gasteiger partial charge in [-0.3, -0.25) is 4.68 Å². The standard InChI is InChI=1S/C20H20N4/c1-13-7-9-16(10-8-13)12-24-15(3)11-18(23-24)20-21-17-6-4-5-14(2)19(17)22-20/h4-11H,12H2,1-3H3,(H,21,22). The number of hydrogen-bond donors (Lipinski definition) is 1. The summed E-state index contributed by atoms with van der Waals surface area (Å²) in [4.78, 5) is 8.10. The van der Waals surface area contributed by atoms with Crippen LogP contribution in [0.1, 0.15) is 22.4 Å². The van der Waals surface area contributed by atoms with E-state index in [1.165, 1.54) is 16.7 Å². The van der Waals surface area contributed by atoms with E-state index in [1.54, 1.807) is 0 Å². The van der Waals surface area contributed by atoms with Gasteiger partial charge in [-0.25, -0.2) is 4.98 Å². The first-order valence-corrected chi connectivity index (χ1v) is 8.16. The second-order valence-electron chi connectivity index (χ2n) is 6.37. The fourth-order valence-electron chi connectivity index (χ4n) is 2.95. The second kappa shape index (κ2) is 5.64. The molecule has 2 heterocycles. The number of para-hydroxylation sites is 1. The SMILES string of the molecule is Cc1ccc(Cn2nc(-c3nc4c(C)cccc4[nH]3)cc2C)cc1. The third kappa shape index (κ3) is 2.60. The molecule has 0 saturated carbocycles. The zero-order chi connectivity index (χ0) is 16.7. The van der Waals surface area contributed by atoms with Gasteiger partial charge in [0, 0.05) is 5.69 Å². The van der Waals surface area contributed by atoms with E-state index in [0.29, 0.717) is 0 Å². The maximum atomic E-state index is 4.75. The van der Waals surface area contributed by atoms with Gasteiger partial charge in [-0.15, -0.1) is 0 Å². The Bertz CT molecular complexity index is 1010. The highest BCUT2D eigenvalue weighted by Crippen LogP contribution is 2.22. The number of aromatic nitrogens is 4. The number of rotatable bonds is 3. The fourth-order valence-corrected chi connectivity index (χ4v) is 2.95. The average molecular weight is 316 g/mol. The first-order valence-electron chi connectivity index (χ1n) is 8.16. The number of imidazole rings is 1. The lowest BCUT2D eigenvalue weighted by molar-refractivity contribution is 0.666. The molecule has 0 aliphatic rings. The molecular formula is C20H20N4. The van der Waals surface area contributed by atoms with Crippen molar-refractivity contribution >= 4 is 11.0 Å². The van der Waals surface area contributed by atoms with Crippen molar-refractivity contribution in [2.45, 2.75) is 27.3 Å². The normalized spacial score (nSPS) is 11.3. The Labute approximate surface area is 141 Å². The monoisotopic (exact) mass is 316 g/mol. The smallest absolute Gasteiger partial charge is 0.159 e. The van der Waals surface area contributed by atoms with E-state index in [2.05, 4.69) is 68.2 Å². The lowest BCUT2D eigenvalue weighted by atomic mass is 10.1. The minimum absolute atomic E-state index is 0.769. The van der Waals surface area contributed by atoms with Gasteiger partial charge in [-0.1, -0.05) is 42.0 Å². The van der Waals surface area contributed by atoms with E-state index < -0.39 is 0 Å². The van der Waals surface area contributed by atoms with Crippen LogP contribution in [0, 0.1) is 20.8 Å². The van der Waals surface area contributed by atoms with Crippen molar-refractivity contribution in [1.82, 2.24) is 19.7 Å². The first kappa shape index (κ1) is 14.7. The molecule has 4 heteroatoms. The van der Waals surface area contributed by atoms with Crippen LogP contribution < -0.4 is 0 Å². The van der Waals surface area contributed by atoms with Crippen LogP contribution >= 0.6 is 0 Å². The third-order valence-electron chi connectivity index (χ3n) is 4.39. The minimum atomic E-state index is 0.769. The summed E-state index contributed by atoms with van der Waals surface area (Å²) in [6.07, 6.45) is 0. The lowest BCUT2D eigenvalue weighted by Gasteiger charge is -2.04. The van der Waals surface area contributed by atoms with E-state index in [0.717, 1.165) is 34.8 Å². The van der Waals surface area contributed by atoms with Crippen LogP contribution in [0.5, 0.6) is 0 Å². The number of aromatic amines is 1. The van der Waals surface area contributed by atoms with Gasteiger partial charge in [0.25, 0.3) is 0 Å². The third-order valence-corrected chi connectivity index (χ3v) is 4.39. The molecule has 2 aromatic heterocycles. The maximum Gasteiger partial charge on any atom is 0.159 e. The highest BCUT2D eigenvalue weighted by molar-refractivity contribution is 5.81. The van der Waals surface area contributed by atoms with Crippen molar-refractivity contribution in [1.29, 1.82) is 0 Å². The summed E-state index contributed by atoms with van der Waals surface area (Å²) in [6, 6.07) is 16.8. The predicted molar refractivity (Wildman–Crippen MR) is 97.1 cm³/mol. The molecule has 0 fully saturated rings. The van der Waals surface area contributed by atoms with E-state index in [-0.39, 0.29) is 0 Å². The molecule has 4 nitrogen and oxygen atoms in total. The summed E-state index contributed by atoms with van der Waals surface area (Å²) >= 11 is 0. The van der Waals surface area contributed by atoms with Crippen molar-refractivity contribution in [2.24, 2.45) is 0 Å². The largest absolute Gasteiger partial charge is 0.337 e. The van der Waals surface area contributed by atoms with Crippen LogP contribution in [0.2, 0.25) is 0 Å². The zero-order valence-corrected chi connectivity index (χ0v) is 14.2. The summed E-state index contributed by atoms with van der Waals surface area (Å²) in [5.74, 6) is 0.824. The van der Waals surface area contributed by atoms with E-state index in [1.807, 2.05) is 10.7 Å². The zero-order valence-electron chi connectivity index (χ0n) is 14.2. The number of H-pyrrole nitrogens is 1. The maximum absolute atomic E-state index is 4.75. The Kier molecular flexibility index (Phi) is 3.45. The van der Waals surface area contributed by atoms with Crippen LogP contribution in [0.3, 0.4) is 0 Å². The molecule has 120 valence electrons. The minimum Gasteiger partial charge on any atom is -0.337 e. The van der Waals surface area contributed by atoms with Crippen molar-refractivity contribution < 1.29 is 0 Å². The van der Waals surface area contributed by atoms with Crippen LogP contribution in [0.15, 0.2) is 48.5 Å².